The molecule has 1 aliphatic rings. The summed E-state index contributed by atoms with van der Waals surface area (Å²) in [6.07, 6.45) is 0.874. The van der Waals surface area contributed by atoms with Crippen molar-refractivity contribution < 1.29 is 19.4 Å². The summed E-state index contributed by atoms with van der Waals surface area (Å²) in [7, 11) is 3.83. The van der Waals surface area contributed by atoms with Gasteiger partial charge in [0.1, 0.15) is 11.5 Å². The van der Waals surface area contributed by atoms with Crippen molar-refractivity contribution in [3.05, 3.63) is 70.8 Å². The standard InChI is InChI=1S/C25H30N2O4/c1-5-15-31-20-8-6-7-19(16-20)22-21(23(28)18-11-9-17(2)10-12-18)24(29)25(30)27(22)14-13-26(3)4/h6-12,16,22,28H,5,13-15H2,1-4H3/t22-/m1/s1. The van der Waals surface area contributed by atoms with Gasteiger partial charge in [0.25, 0.3) is 11.7 Å². The Morgan fingerprint density at radius 2 is 1.84 bits per heavy atom. The predicted molar refractivity (Wildman–Crippen MR) is 121 cm³/mol. The molecular weight excluding hydrogens is 392 g/mol. The second-order valence-electron chi connectivity index (χ2n) is 8.08. The number of aliphatic hydroxyl groups excluding tert-OH is 1. The van der Waals surface area contributed by atoms with Crippen molar-refractivity contribution in [2.24, 2.45) is 0 Å². The van der Waals surface area contributed by atoms with E-state index < -0.39 is 17.7 Å². The van der Waals surface area contributed by atoms with Crippen molar-refractivity contribution in [1.29, 1.82) is 0 Å². The molecule has 0 aliphatic carbocycles. The number of likely N-dealkylation sites (N-methyl/N-ethyl adjacent to an activating group) is 1. The van der Waals surface area contributed by atoms with Crippen molar-refractivity contribution >= 4 is 17.4 Å². The molecular formula is C25H30N2O4. The van der Waals surface area contributed by atoms with Gasteiger partial charge in [-0.3, -0.25) is 9.59 Å². The molecule has 1 N–H and O–H groups in total. The van der Waals surface area contributed by atoms with Crippen LogP contribution in [-0.2, 0) is 9.59 Å². The van der Waals surface area contributed by atoms with E-state index in [4.69, 9.17) is 4.74 Å². The van der Waals surface area contributed by atoms with E-state index in [1.54, 1.807) is 17.0 Å². The minimum Gasteiger partial charge on any atom is -0.507 e. The number of aliphatic hydroxyl groups is 1. The van der Waals surface area contributed by atoms with E-state index >= 15 is 0 Å². The van der Waals surface area contributed by atoms with Gasteiger partial charge in [-0.15, -0.1) is 0 Å². The number of Topliss-reactive ketones (excluding diaryl/α,β-unsaturated/α-hetero) is 1. The number of carbonyl (C=O) groups excluding carboxylic acids is 2. The van der Waals surface area contributed by atoms with E-state index in [0.29, 0.717) is 31.0 Å². The minimum atomic E-state index is -0.675. The van der Waals surface area contributed by atoms with Crippen LogP contribution in [-0.4, -0.2) is 60.4 Å². The van der Waals surface area contributed by atoms with E-state index in [2.05, 4.69) is 0 Å². The lowest BCUT2D eigenvalue weighted by Gasteiger charge is -2.27. The van der Waals surface area contributed by atoms with Crippen LogP contribution in [0, 0.1) is 6.92 Å². The molecule has 6 nitrogen and oxygen atoms in total. The zero-order valence-electron chi connectivity index (χ0n) is 18.6. The highest BCUT2D eigenvalue weighted by atomic mass is 16.5. The summed E-state index contributed by atoms with van der Waals surface area (Å²) in [5.74, 6) is -0.745. The largest absolute Gasteiger partial charge is 0.507 e. The first-order valence-electron chi connectivity index (χ1n) is 10.6. The number of ether oxygens (including phenoxy) is 1. The van der Waals surface area contributed by atoms with Crippen LogP contribution < -0.4 is 4.74 Å². The Kier molecular flexibility index (Phi) is 7.13. The Morgan fingerprint density at radius 3 is 2.48 bits per heavy atom. The van der Waals surface area contributed by atoms with Crippen LogP contribution in [0.25, 0.3) is 5.76 Å². The molecule has 0 radical (unpaired) electrons. The second-order valence-corrected chi connectivity index (χ2v) is 8.08. The van der Waals surface area contributed by atoms with Crippen molar-refractivity contribution in [1.82, 2.24) is 9.80 Å². The van der Waals surface area contributed by atoms with Crippen LogP contribution in [0.3, 0.4) is 0 Å². The van der Waals surface area contributed by atoms with Gasteiger partial charge in [0.05, 0.1) is 18.2 Å². The van der Waals surface area contributed by atoms with Gasteiger partial charge in [-0.05, 0) is 45.1 Å². The molecule has 0 saturated carbocycles. The Bertz CT molecular complexity index is 979. The highest BCUT2D eigenvalue weighted by Crippen LogP contribution is 2.40. The first-order chi connectivity index (χ1) is 14.8. The number of rotatable bonds is 8. The number of nitrogens with zero attached hydrogens (tertiary/aromatic N) is 2. The molecule has 0 unspecified atom stereocenters. The average Bonchev–Trinajstić information content (AvgIpc) is 3.01. The first kappa shape index (κ1) is 22.6. The normalized spacial score (nSPS) is 18.1. The first-order valence-corrected chi connectivity index (χ1v) is 10.6. The van der Waals surface area contributed by atoms with Crippen molar-refractivity contribution in [2.45, 2.75) is 26.3 Å². The number of aryl methyl sites for hydroxylation is 1. The molecule has 1 aliphatic heterocycles. The third kappa shape index (κ3) is 4.97. The highest BCUT2D eigenvalue weighted by Gasteiger charge is 2.46. The van der Waals surface area contributed by atoms with Crippen LogP contribution in [0.15, 0.2) is 54.1 Å². The lowest BCUT2D eigenvalue weighted by molar-refractivity contribution is -0.140. The maximum atomic E-state index is 13.0. The smallest absolute Gasteiger partial charge is 0.295 e. The fourth-order valence-electron chi connectivity index (χ4n) is 3.63. The number of carbonyl (C=O) groups is 2. The fraction of sp³-hybridized carbons (Fsp3) is 0.360. The topological polar surface area (TPSA) is 70.1 Å². The van der Waals surface area contributed by atoms with E-state index in [9.17, 15) is 14.7 Å². The minimum absolute atomic E-state index is 0.111. The van der Waals surface area contributed by atoms with Gasteiger partial charge < -0.3 is 19.6 Å². The summed E-state index contributed by atoms with van der Waals surface area (Å²) in [6, 6.07) is 14.0. The Hall–Kier alpha value is -3.12. The van der Waals surface area contributed by atoms with Crippen molar-refractivity contribution in [3.63, 3.8) is 0 Å². The van der Waals surface area contributed by atoms with Crippen LogP contribution in [0.1, 0.15) is 36.1 Å². The van der Waals surface area contributed by atoms with Crippen LogP contribution >= 0.6 is 0 Å². The number of hydrogen-bond acceptors (Lipinski definition) is 5. The molecule has 3 rings (SSSR count). The van der Waals surface area contributed by atoms with E-state index in [-0.39, 0.29) is 11.3 Å². The van der Waals surface area contributed by atoms with Gasteiger partial charge >= 0.3 is 0 Å². The van der Waals surface area contributed by atoms with E-state index in [0.717, 1.165) is 17.5 Å². The highest BCUT2D eigenvalue weighted by molar-refractivity contribution is 6.46. The zero-order chi connectivity index (χ0) is 22.5. The molecule has 1 heterocycles. The van der Waals surface area contributed by atoms with Crippen LogP contribution in [0.5, 0.6) is 5.75 Å². The predicted octanol–water partition coefficient (Wildman–Crippen LogP) is 3.77. The monoisotopic (exact) mass is 422 g/mol. The number of hydrogen-bond donors (Lipinski definition) is 1. The molecule has 2 aromatic carbocycles. The number of likely N-dealkylation sites (tertiary alicyclic amines) is 1. The van der Waals surface area contributed by atoms with Gasteiger partial charge in [0.2, 0.25) is 0 Å². The molecule has 2 aromatic rings. The van der Waals surface area contributed by atoms with Gasteiger partial charge in [0.15, 0.2) is 0 Å². The molecule has 31 heavy (non-hydrogen) atoms. The molecule has 0 aromatic heterocycles. The lowest BCUT2D eigenvalue weighted by atomic mass is 9.95. The number of ketones is 1. The lowest BCUT2D eigenvalue weighted by Crippen LogP contribution is -2.35. The Labute approximate surface area is 183 Å². The molecule has 0 spiro atoms. The average molecular weight is 423 g/mol. The molecule has 1 fully saturated rings. The zero-order valence-corrected chi connectivity index (χ0v) is 18.6. The molecule has 1 atom stereocenters. The van der Waals surface area contributed by atoms with E-state index in [1.165, 1.54) is 0 Å². The number of amides is 1. The van der Waals surface area contributed by atoms with Gasteiger partial charge in [-0.2, -0.15) is 0 Å². The Morgan fingerprint density at radius 1 is 1.13 bits per heavy atom. The molecule has 1 amide bonds. The maximum Gasteiger partial charge on any atom is 0.295 e. The summed E-state index contributed by atoms with van der Waals surface area (Å²) >= 11 is 0. The molecule has 6 heteroatoms. The summed E-state index contributed by atoms with van der Waals surface area (Å²) < 4.78 is 5.76. The quantitative estimate of drug-likeness (QED) is 0.398. The second kappa shape index (κ2) is 9.79. The third-order valence-electron chi connectivity index (χ3n) is 5.30. The molecule has 164 valence electrons. The van der Waals surface area contributed by atoms with Crippen LogP contribution in [0.4, 0.5) is 0 Å². The number of benzene rings is 2. The Balaban J connectivity index is 2.11. The summed E-state index contributed by atoms with van der Waals surface area (Å²) in [6.45, 7) is 5.52. The SMILES string of the molecule is CCCOc1cccc([C@@H]2C(=C(O)c3ccc(C)cc3)C(=O)C(=O)N2CCN(C)C)c1. The van der Waals surface area contributed by atoms with Crippen molar-refractivity contribution in [2.75, 3.05) is 33.8 Å². The van der Waals surface area contributed by atoms with E-state index in [1.807, 2.05) is 69.2 Å². The summed E-state index contributed by atoms with van der Waals surface area (Å²) in [5.41, 5.74) is 2.40. The molecule has 1 saturated heterocycles. The maximum absolute atomic E-state index is 13.0. The van der Waals surface area contributed by atoms with Gasteiger partial charge in [-0.1, -0.05) is 48.9 Å². The third-order valence-corrected chi connectivity index (χ3v) is 5.30. The van der Waals surface area contributed by atoms with Gasteiger partial charge in [0, 0.05) is 18.7 Å². The summed E-state index contributed by atoms with van der Waals surface area (Å²) in [5, 5.41) is 11.1. The fourth-order valence-corrected chi connectivity index (χ4v) is 3.63. The molecule has 0 bridgehead atoms. The summed E-state index contributed by atoms with van der Waals surface area (Å²) in [4.78, 5) is 29.5. The van der Waals surface area contributed by atoms with Gasteiger partial charge in [-0.25, -0.2) is 0 Å². The van der Waals surface area contributed by atoms with Crippen molar-refractivity contribution in [3.8, 4) is 5.75 Å². The van der Waals surface area contributed by atoms with Crippen LogP contribution in [0.2, 0.25) is 0 Å².